The van der Waals surface area contributed by atoms with Gasteiger partial charge in [-0.15, -0.1) is 0 Å². The molecule has 0 radical (unpaired) electrons. The molecule has 0 aromatic rings. The average molecular weight is 170 g/mol. The third-order valence-corrected chi connectivity index (χ3v) is 2.58. The summed E-state index contributed by atoms with van der Waals surface area (Å²) < 4.78 is 5.24. The quantitative estimate of drug-likeness (QED) is 0.608. The van der Waals surface area contributed by atoms with Crippen molar-refractivity contribution in [3.05, 3.63) is 0 Å². The van der Waals surface area contributed by atoms with E-state index >= 15 is 0 Å². The molecule has 2 nitrogen and oxygen atoms in total. The zero-order valence-corrected chi connectivity index (χ0v) is 8.01. The van der Waals surface area contributed by atoms with Gasteiger partial charge in [0.15, 0.2) is 0 Å². The van der Waals surface area contributed by atoms with E-state index in [1.165, 1.54) is 12.8 Å². The standard InChI is InChI=1S/C10H18O2/c1-3-8(2)12-10(11)9-6-4-5-7-9/h8-9H,3-7H2,1-2H3/t8-/m1/s1. The number of hydrogen-bond donors (Lipinski definition) is 0. The van der Waals surface area contributed by atoms with Gasteiger partial charge >= 0.3 is 5.97 Å². The first kappa shape index (κ1) is 9.56. The summed E-state index contributed by atoms with van der Waals surface area (Å²) in [7, 11) is 0. The minimum absolute atomic E-state index is 0.0295. The van der Waals surface area contributed by atoms with E-state index in [1.54, 1.807) is 0 Å². The molecular formula is C10H18O2. The minimum atomic E-state index is 0.0295. The number of carbonyl (C=O) groups excluding carboxylic acids is 1. The van der Waals surface area contributed by atoms with E-state index in [-0.39, 0.29) is 18.0 Å². The predicted molar refractivity (Wildman–Crippen MR) is 47.8 cm³/mol. The molecule has 70 valence electrons. The summed E-state index contributed by atoms with van der Waals surface area (Å²) in [6.07, 6.45) is 5.47. The smallest absolute Gasteiger partial charge is 0.309 e. The molecule has 0 amide bonds. The third-order valence-electron chi connectivity index (χ3n) is 2.58. The molecule has 1 rings (SSSR count). The third kappa shape index (κ3) is 2.50. The number of esters is 1. The van der Waals surface area contributed by atoms with E-state index in [0.29, 0.717) is 0 Å². The van der Waals surface area contributed by atoms with Crippen LogP contribution in [0.4, 0.5) is 0 Å². The molecule has 1 aliphatic carbocycles. The Labute approximate surface area is 74.3 Å². The summed E-state index contributed by atoms with van der Waals surface area (Å²) >= 11 is 0. The summed E-state index contributed by atoms with van der Waals surface area (Å²) in [5.74, 6) is 0.237. The maximum absolute atomic E-state index is 11.4. The molecule has 1 saturated carbocycles. The minimum Gasteiger partial charge on any atom is -0.462 e. The zero-order chi connectivity index (χ0) is 8.97. The second-order valence-corrected chi connectivity index (χ2v) is 3.64. The van der Waals surface area contributed by atoms with Gasteiger partial charge in [-0.3, -0.25) is 4.79 Å². The highest BCUT2D eigenvalue weighted by molar-refractivity contribution is 5.72. The summed E-state index contributed by atoms with van der Waals surface area (Å²) in [5.41, 5.74) is 0. The van der Waals surface area contributed by atoms with Crippen molar-refractivity contribution in [2.45, 2.75) is 52.1 Å². The van der Waals surface area contributed by atoms with Gasteiger partial charge in [-0.2, -0.15) is 0 Å². The molecule has 0 spiro atoms. The maximum atomic E-state index is 11.4. The van der Waals surface area contributed by atoms with Gasteiger partial charge in [-0.05, 0) is 26.2 Å². The number of hydrogen-bond acceptors (Lipinski definition) is 2. The lowest BCUT2D eigenvalue weighted by Gasteiger charge is -2.14. The Balaban J connectivity index is 2.27. The van der Waals surface area contributed by atoms with Crippen molar-refractivity contribution in [3.63, 3.8) is 0 Å². The van der Waals surface area contributed by atoms with Crippen molar-refractivity contribution >= 4 is 5.97 Å². The number of ether oxygens (including phenoxy) is 1. The van der Waals surface area contributed by atoms with Gasteiger partial charge in [0.25, 0.3) is 0 Å². The van der Waals surface area contributed by atoms with E-state index in [9.17, 15) is 4.79 Å². The molecule has 1 fully saturated rings. The molecular weight excluding hydrogens is 152 g/mol. The predicted octanol–water partition coefficient (Wildman–Crippen LogP) is 2.52. The Bertz CT molecular complexity index is 148. The second kappa shape index (κ2) is 4.48. The average Bonchev–Trinajstić information content (AvgIpc) is 2.56. The molecule has 0 bridgehead atoms. The zero-order valence-electron chi connectivity index (χ0n) is 8.01. The lowest BCUT2D eigenvalue weighted by molar-refractivity contribution is -0.153. The second-order valence-electron chi connectivity index (χ2n) is 3.64. The highest BCUT2D eigenvalue weighted by Gasteiger charge is 2.24. The molecule has 0 aromatic carbocycles. The van der Waals surface area contributed by atoms with Crippen molar-refractivity contribution in [2.24, 2.45) is 5.92 Å². The maximum Gasteiger partial charge on any atom is 0.309 e. The van der Waals surface area contributed by atoms with Gasteiger partial charge < -0.3 is 4.74 Å². The van der Waals surface area contributed by atoms with E-state index < -0.39 is 0 Å². The van der Waals surface area contributed by atoms with Gasteiger partial charge in [0, 0.05) is 0 Å². The van der Waals surface area contributed by atoms with Gasteiger partial charge in [-0.1, -0.05) is 19.8 Å². The van der Waals surface area contributed by atoms with E-state index in [4.69, 9.17) is 4.74 Å². The van der Waals surface area contributed by atoms with Crippen LogP contribution in [-0.4, -0.2) is 12.1 Å². The van der Waals surface area contributed by atoms with Crippen molar-refractivity contribution in [2.75, 3.05) is 0 Å². The summed E-state index contributed by atoms with van der Waals surface area (Å²) in [4.78, 5) is 11.4. The highest BCUT2D eigenvalue weighted by atomic mass is 16.5. The van der Waals surface area contributed by atoms with Crippen LogP contribution < -0.4 is 0 Å². The lowest BCUT2D eigenvalue weighted by Crippen LogP contribution is -2.20. The molecule has 0 saturated heterocycles. The fraction of sp³-hybridized carbons (Fsp3) is 0.900. The normalized spacial score (nSPS) is 20.8. The largest absolute Gasteiger partial charge is 0.462 e. The van der Waals surface area contributed by atoms with Crippen LogP contribution in [0.25, 0.3) is 0 Å². The molecule has 1 aliphatic rings. The summed E-state index contributed by atoms with van der Waals surface area (Å²) in [6, 6.07) is 0. The van der Waals surface area contributed by atoms with Crippen LogP contribution in [0.1, 0.15) is 46.0 Å². The topological polar surface area (TPSA) is 26.3 Å². The fourth-order valence-corrected chi connectivity index (χ4v) is 1.54. The van der Waals surface area contributed by atoms with E-state index in [2.05, 4.69) is 0 Å². The molecule has 0 unspecified atom stereocenters. The molecule has 12 heavy (non-hydrogen) atoms. The Morgan fingerprint density at radius 3 is 2.58 bits per heavy atom. The molecule has 0 heterocycles. The van der Waals surface area contributed by atoms with Gasteiger partial charge in [0.2, 0.25) is 0 Å². The fourth-order valence-electron chi connectivity index (χ4n) is 1.54. The molecule has 0 aliphatic heterocycles. The monoisotopic (exact) mass is 170 g/mol. The first-order chi connectivity index (χ1) is 5.74. The molecule has 1 atom stereocenters. The van der Waals surface area contributed by atoms with Crippen LogP contribution in [0.5, 0.6) is 0 Å². The first-order valence-corrected chi connectivity index (χ1v) is 4.94. The lowest BCUT2D eigenvalue weighted by atomic mass is 10.1. The van der Waals surface area contributed by atoms with Crippen LogP contribution in [-0.2, 0) is 9.53 Å². The SMILES string of the molecule is CC[C@@H](C)OC(=O)C1CCCC1. The summed E-state index contributed by atoms with van der Waals surface area (Å²) in [6.45, 7) is 3.99. The Morgan fingerprint density at radius 1 is 1.50 bits per heavy atom. The van der Waals surface area contributed by atoms with Crippen LogP contribution >= 0.6 is 0 Å². The first-order valence-electron chi connectivity index (χ1n) is 4.94. The molecule has 0 aromatic heterocycles. The number of rotatable bonds is 3. The Hall–Kier alpha value is -0.530. The highest BCUT2D eigenvalue weighted by Crippen LogP contribution is 2.26. The van der Waals surface area contributed by atoms with Crippen molar-refractivity contribution in [1.29, 1.82) is 0 Å². The van der Waals surface area contributed by atoms with E-state index in [0.717, 1.165) is 19.3 Å². The van der Waals surface area contributed by atoms with Crippen molar-refractivity contribution in [1.82, 2.24) is 0 Å². The van der Waals surface area contributed by atoms with Crippen molar-refractivity contribution < 1.29 is 9.53 Å². The van der Waals surface area contributed by atoms with Gasteiger partial charge in [0.1, 0.15) is 0 Å². The van der Waals surface area contributed by atoms with Gasteiger partial charge in [0.05, 0.1) is 12.0 Å². The van der Waals surface area contributed by atoms with Crippen LogP contribution in [0.3, 0.4) is 0 Å². The molecule has 0 N–H and O–H groups in total. The Morgan fingerprint density at radius 2 is 2.08 bits per heavy atom. The number of carbonyl (C=O) groups is 1. The van der Waals surface area contributed by atoms with Crippen LogP contribution in [0.2, 0.25) is 0 Å². The van der Waals surface area contributed by atoms with Crippen LogP contribution in [0.15, 0.2) is 0 Å². The molecule has 2 heteroatoms. The van der Waals surface area contributed by atoms with Crippen molar-refractivity contribution in [3.8, 4) is 0 Å². The van der Waals surface area contributed by atoms with Crippen LogP contribution in [0, 0.1) is 5.92 Å². The van der Waals surface area contributed by atoms with E-state index in [1.807, 2.05) is 13.8 Å². The summed E-state index contributed by atoms with van der Waals surface area (Å²) in [5, 5.41) is 0. The Kier molecular flexibility index (Phi) is 3.57. The van der Waals surface area contributed by atoms with Gasteiger partial charge in [-0.25, -0.2) is 0 Å².